The van der Waals surface area contributed by atoms with E-state index in [2.05, 4.69) is 10.3 Å². The Kier molecular flexibility index (Phi) is 5.98. The number of hydrogen-bond acceptors (Lipinski definition) is 5. The molecule has 1 aliphatic carbocycles. The molecule has 2 unspecified atom stereocenters. The number of carbonyl (C=O) groups is 2. The van der Waals surface area contributed by atoms with Crippen LogP contribution >= 0.6 is 0 Å². The van der Waals surface area contributed by atoms with Gasteiger partial charge in [0.1, 0.15) is 5.92 Å². The predicted molar refractivity (Wildman–Crippen MR) is 99.8 cm³/mol. The van der Waals surface area contributed by atoms with Crippen LogP contribution in [0.2, 0.25) is 0 Å². The summed E-state index contributed by atoms with van der Waals surface area (Å²) < 4.78 is 5.61. The molecule has 0 aromatic heterocycles. The molecule has 2 amide bonds. The van der Waals surface area contributed by atoms with Crippen molar-refractivity contribution < 1.29 is 24.5 Å². The van der Waals surface area contributed by atoms with E-state index in [-0.39, 0.29) is 11.5 Å². The van der Waals surface area contributed by atoms with Crippen LogP contribution in [0.25, 0.3) is 0 Å². The van der Waals surface area contributed by atoms with Crippen LogP contribution in [0.15, 0.2) is 23.2 Å². The second-order valence-electron chi connectivity index (χ2n) is 7.24. The number of urea groups is 1. The standard InChI is InChI=1S/C20H26N2O5/c1-2-14-17(19(25)27-11-12-6-4-3-5-7-12)18(22-20(26)21-14)13-8-9-15(23)16(24)10-13/h8-10,12,17-18,23-24H,2-7,11H2,1H3,(H,22,26). The number of benzene rings is 1. The quantitative estimate of drug-likeness (QED) is 0.540. The highest BCUT2D eigenvalue weighted by Gasteiger charge is 2.39. The van der Waals surface area contributed by atoms with Crippen LogP contribution in [-0.2, 0) is 9.53 Å². The summed E-state index contributed by atoms with van der Waals surface area (Å²) in [5.41, 5.74) is 0.976. The Hall–Kier alpha value is -2.57. The fourth-order valence-corrected chi connectivity index (χ4v) is 3.87. The third-order valence-electron chi connectivity index (χ3n) is 5.38. The van der Waals surface area contributed by atoms with E-state index in [1.165, 1.54) is 31.4 Å². The summed E-state index contributed by atoms with van der Waals surface area (Å²) in [5.74, 6) is -1.35. The zero-order valence-corrected chi connectivity index (χ0v) is 15.5. The first-order chi connectivity index (χ1) is 13.0. The molecule has 27 heavy (non-hydrogen) atoms. The Morgan fingerprint density at radius 3 is 2.63 bits per heavy atom. The van der Waals surface area contributed by atoms with E-state index in [9.17, 15) is 19.8 Å². The molecule has 1 aromatic carbocycles. The lowest BCUT2D eigenvalue weighted by atomic mass is 9.86. The molecular formula is C20H26N2O5. The Balaban J connectivity index is 1.81. The van der Waals surface area contributed by atoms with Gasteiger partial charge in [-0.3, -0.25) is 4.79 Å². The van der Waals surface area contributed by atoms with Crippen molar-refractivity contribution in [1.29, 1.82) is 0 Å². The molecule has 2 aliphatic rings. The zero-order chi connectivity index (χ0) is 19.4. The maximum atomic E-state index is 12.9. The highest BCUT2D eigenvalue weighted by Crippen LogP contribution is 2.34. The molecule has 1 aromatic rings. The maximum Gasteiger partial charge on any atom is 0.341 e. The minimum absolute atomic E-state index is 0.262. The molecule has 146 valence electrons. The van der Waals surface area contributed by atoms with Crippen molar-refractivity contribution in [3.63, 3.8) is 0 Å². The molecular weight excluding hydrogens is 348 g/mol. The molecule has 7 nitrogen and oxygen atoms in total. The highest BCUT2D eigenvalue weighted by atomic mass is 16.5. The molecule has 1 saturated carbocycles. The van der Waals surface area contributed by atoms with Gasteiger partial charge in [0.2, 0.25) is 0 Å². The molecule has 2 atom stereocenters. The number of aromatic hydroxyl groups is 2. The number of rotatable bonds is 5. The highest BCUT2D eigenvalue weighted by molar-refractivity contribution is 6.09. The normalized spacial score (nSPS) is 23.4. The Bertz CT molecular complexity index is 740. The molecule has 0 bridgehead atoms. The average molecular weight is 374 g/mol. The fraction of sp³-hybridized carbons (Fsp3) is 0.550. The van der Waals surface area contributed by atoms with E-state index in [1.54, 1.807) is 6.07 Å². The molecule has 0 saturated heterocycles. The lowest BCUT2D eigenvalue weighted by molar-refractivity contribution is -0.148. The van der Waals surface area contributed by atoms with Crippen molar-refractivity contribution in [2.75, 3.05) is 6.61 Å². The predicted octanol–water partition coefficient (Wildman–Crippen LogP) is 3.45. The van der Waals surface area contributed by atoms with Crippen LogP contribution in [0, 0.1) is 11.8 Å². The van der Waals surface area contributed by atoms with Gasteiger partial charge in [0.15, 0.2) is 11.5 Å². The molecule has 3 rings (SSSR count). The summed E-state index contributed by atoms with van der Waals surface area (Å²) in [7, 11) is 0. The Labute approximate surface area is 158 Å². The molecule has 0 spiro atoms. The number of amides is 2. The van der Waals surface area contributed by atoms with Crippen molar-refractivity contribution in [1.82, 2.24) is 5.32 Å². The average Bonchev–Trinajstić information content (AvgIpc) is 2.68. The van der Waals surface area contributed by atoms with Crippen molar-refractivity contribution in [3.8, 4) is 11.5 Å². The first-order valence-corrected chi connectivity index (χ1v) is 9.56. The van der Waals surface area contributed by atoms with Gasteiger partial charge in [-0.2, -0.15) is 0 Å². The first kappa shape index (κ1) is 19.2. The zero-order valence-electron chi connectivity index (χ0n) is 15.5. The van der Waals surface area contributed by atoms with Crippen molar-refractivity contribution in [2.45, 2.75) is 51.5 Å². The minimum atomic E-state index is -0.750. The number of ether oxygens (including phenoxy) is 1. The SMILES string of the molecule is CCC1=NC(=O)NC(c2ccc(O)c(O)c2)C1C(=O)OCC1CCCCC1. The van der Waals surface area contributed by atoms with E-state index in [0.29, 0.717) is 30.2 Å². The second kappa shape index (κ2) is 8.41. The van der Waals surface area contributed by atoms with E-state index in [0.717, 1.165) is 12.8 Å². The van der Waals surface area contributed by atoms with Crippen molar-refractivity contribution in [3.05, 3.63) is 23.8 Å². The summed E-state index contributed by atoms with van der Waals surface area (Å²) in [6.45, 7) is 2.22. The molecule has 1 aliphatic heterocycles. The second-order valence-corrected chi connectivity index (χ2v) is 7.24. The summed E-state index contributed by atoms with van der Waals surface area (Å²) in [6.07, 6.45) is 6.14. The largest absolute Gasteiger partial charge is 0.504 e. The van der Waals surface area contributed by atoms with Gasteiger partial charge in [0.25, 0.3) is 0 Å². The van der Waals surface area contributed by atoms with Crippen LogP contribution in [0.3, 0.4) is 0 Å². The fourth-order valence-electron chi connectivity index (χ4n) is 3.87. The van der Waals surface area contributed by atoms with Crippen LogP contribution in [-0.4, -0.2) is 34.5 Å². The van der Waals surface area contributed by atoms with E-state index < -0.39 is 24.0 Å². The summed E-state index contributed by atoms with van der Waals surface area (Å²) >= 11 is 0. The van der Waals surface area contributed by atoms with Gasteiger partial charge >= 0.3 is 12.0 Å². The number of esters is 1. The number of hydrogen-bond donors (Lipinski definition) is 3. The van der Waals surface area contributed by atoms with Crippen LogP contribution in [0.1, 0.15) is 57.1 Å². The number of phenolic OH excluding ortho intramolecular Hbond substituents is 2. The van der Waals surface area contributed by atoms with E-state index in [1.807, 2.05) is 6.92 Å². The van der Waals surface area contributed by atoms with Gasteiger partial charge in [-0.15, -0.1) is 0 Å². The van der Waals surface area contributed by atoms with Gasteiger partial charge in [0, 0.05) is 5.71 Å². The van der Waals surface area contributed by atoms with Crippen LogP contribution < -0.4 is 5.32 Å². The number of phenols is 2. The third kappa shape index (κ3) is 4.40. The Morgan fingerprint density at radius 2 is 1.96 bits per heavy atom. The van der Waals surface area contributed by atoms with Gasteiger partial charge in [0.05, 0.1) is 12.6 Å². The first-order valence-electron chi connectivity index (χ1n) is 9.56. The van der Waals surface area contributed by atoms with E-state index in [4.69, 9.17) is 4.74 Å². The van der Waals surface area contributed by atoms with Crippen molar-refractivity contribution >= 4 is 17.7 Å². The minimum Gasteiger partial charge on any atom is -0.504 e. The molecule has 1 heterocycles. The number of aliphatic imine (C=N–C) groups is 1. The topological polar surface area (TPSA) is 108 Å². The Morgan fingerprint density at radius 1 is 1.22 bits per heavy atom. The number of nitrogens with zero attached hydrogens (tertiary/aromatic N) is 1. The summed E-state index contributed by atoms with van der Waals surface area (Å²) in [5, 5.41) is 22.0. The number of carbonyl (C=O) groups excluding carboxylic acids is 2. The van der Waals surface area contributed by atoms with Crippen LogP contribution in [0.5, 0.6) is 11.5 Å². The molecule has 3 N–H and O–H groups in total. The molecule has 1 fully saturated rings. The smallest absolute Gasteiger partial charge is 0.341 e. The monoisotopic (exact) mass is 374 g/mol. The number of nitrogens with one attached hydrogen (secondary N) is 1. The van der Waals surface area contributed by atoms with E-state index >= 15 is 0 Å². The lowest BCUT2D eigenvalue weighted by Gasteiger charge is -2.31. The molecule has 0 radical (unpaired) electrons. The van der Waals surface area contributed by atoms with Gasteiger partial charge in [-0.05, 0) is 42.9 Å². The van der Waals surface area contributed by atoms with Gasteiger partial charge in [-0.1, -0.05) is 32.3 Å². The van der Waals surface area contributed by atoms with Crippen molar-refractivity contribution in [2.24, 2.45) is 16.8 Å². The summed E-state index contributed by atoms with van der Waals surface area (Å²) in [4.78, 5) is 28.8. The lowest BCUT2D eigenvalue weighted by Crippen LogP contribution is -2.45. The maximum absolute atomic E-state index is 12.9. The van der Waals surface area contributed by atoms with Crippen LogP contribution in [0.4, 0.5) is 4.79 Å². The van der Waals surface area contributed by atoms with Gasteiger partial charge in [-0.25, -0.2) is 9.79 Å². The van der Waals surface area contributed by atoms with Gasteiger partial charge < -0.3 is 20.3 Å². The summed E-state index contributed by atoms with van der Waals surface area (Å²) in [6, 6.07) is 3.02. The molecule has 7 heteroatoms. The third-order valence-corrected chi connectivity index (χ3v) is 5.38.